The molecule has 0 unspecified atom stereocenters. The van der Waals surface area contributed by atoms with E-state index in [-0.39, 0.29) is 5.91 Å². The van der Waals surface area contributed by atoms with Crippen LogP contribution in [0, 0.1) is 0 Å². The van der Waals surface area contributed by atoms with Crippen LogP contribution < -0.4 is 19.7 Å². The van der Waals surface area contributed by atoms with Crippen molar-refractivity contribution in [2.45, 2.75) is 0 Å². The number of methoxy groups -OCH3 is 2. The molecule has 0 saturated carbocycles. The molecule has 4 aromatic rings. The van der Waals surface area contributed by atoms with Gasteiger partial charge < -0.3 is 14.8 Å². The maximum atomic E-state index is 13.3. The van der Waals surface area contributed by atoms with E-state index < -0.39 is 0 Å². The van der Waals surface area contributed by atoms with Gasteiger partial charge in [0.2, 0.25) is 0 Å². The lowest BCUT2D eigenvalue weighted by Crippen LogP contribution is -2.30. The van der Waals surface area contributed by atoms with E-state index >= 15 is 0 Å². The van der Waals surface area contributed by atoms with E-state index in [0.717, 1.165) is 16.8 Å². The van der Waals surface area contributed by atoms with E-state index in [1.807, 2.05) is 85.1 Å². The Bertz CT molecular complexity index is 1430. The van der Waals surface area contributed by atoms with Crippen LogP contribution in [0.15, 0.2) is 90.8 Å². The van der Waals surface area contributed by atoms with Crippen LogP contribution in [0.1, 0.15) is 5.56 Å². The van der Waals surface area contributed by atoms with Crippen LogP contribution in [-0.4, -0.2) is 35.0 Å². The fourth-order valence-corrected chi connectivity index (χ4v) is 4.21. The number of aromatic nitrogens is 2. The number of nitrogens with one attached hydrogen (secondary N) is 1. The van der Waals surface area contributed by atoms with E-state index in [1.54, 1.807) is 25.0 Å². The predicted octanol–water partition coefficient (Wildman–Crippen LogP) is 4.82. The maximum Gasteiger partial charge on any atom is 0.281 e. The van der Waals surface area contributed by atoms with Crippen LogP contribution in [0.5, 0.6) is 11.5 Å². The van der Waals surface area contributed by atoms with E-state index in [4.69, 9.17) is 26.8 Å². The zero-order valence-corrected chi connectivity index (χ0v) is 20.0. The number of carbonyl (C=O) groups excluding carboxylic acids is 1. The lowest BCUT2D eigenvalue weighted by molar-refractivity contribution is -0.113. The fourth-order valence-electron chi connectivity index (χ4n) is 3.92. The number of para-hydroxylation sites is 2. The van der Waals surface area contributed by atoms with Gasteiger partial charge in [-0.15, -0.1) is 0 Å². The molecular formula is C27H22N4O3S. The topological polar surface area (TPSA) is 68.6 Å². The molecule has 1 aromatic heterocycles. The van der Waals surface area contributed by atoms with Gasteiger partial charge in [0.05, 0.1) is 25.6 Å². The van der Waals surface area contributed by atoms with Crippen LogP contribution in [0.25, 0.3) is 23.0 Å². The summed E-state index contributed by atoms with van der Waals surface area (Å²) in [4.78, 5) is 14.8. The molecule has 7 nitrogen and oxygen atoms in total. The van der Waals surface area contributed by atoms with Gasteiger partial charge in [-0.1, -0.05) is 36.4 Å². The third-order valence-electron chi connectivity index (χ3n) is 5.61. The van der Waals surface area contributed by atoms with E-state index in [1.165, 1.54) is 4.90 Å². The monoisotopic (exact) mass is 482 g/mol. The number of thiocarbonyl (C=S) groups is 1. The molecule has 1 saturated heterocycles. The number of benzene rings is 3. The maximum absolute atomic E-state index is 13.3. The van der Waals surface area contributed by atoms with Crippen molar-refractivity contribution in [3.63, 3.8) is 0 Å². The summed E-state index contributed by atoms with van der Waals surface area (Å²) in [5.41, 5.74) is 4.21. The van der Waals surface area contributed by atoms with Crippen molar-refractivity contribution in [3.05, 3.63) is 96.3 Å². The first-order valence-electron chi connectivity index (χ1n) is 10.9. The summed E-state index contributed by atoms with van der Waals surface area (Å²) in [5, 5.41) is 8.22. The summed E-state index contributed by atoms with van der Waals surface area (Å²) < 4.78 is 12.7. The molecule has 0 spiro atoms. The van der Waals surface area contributed by atoms with Crippen molar-refractivity contribution in [1.29, 1.82) is 0 Å². The average molecular weight is 483 g/mol. The van der Waals surface area contributed by atoms with E-state index in [2.05, 4.69) is 5.32 Å². The Morgan fingerprint density at radius 3 is 2.20 bits per heavy atom. The molecule has 8 heteroatoms. The minimum absolute atomic E-state index is 0.230. The molecule has 0 radical (unpaired) electrons. The van der Waals surface area contributed by atoms with Gasteiger partial charge in [-0.25, -0.2) is 4.68 Å². The highest BCUT2D eigenvalue weighted by Crippen LogP contribution is 2.34. The highest BCUT2D eigenvalue weighted by molar-refractivity contribution is 7.80. The number of anilines is 1. The van der Waals surface area contributed by atoms with Crippen molar-refractivity contribution in [1.82, 2.24) is 15.1 Å². The van der Waals surface area contributed by atoms with Crippen molar-refractivity contribution in [3.8, 4) is 28.4 Å². The molecule has 3 aromatic carbocycles. The Morgan fingerprint density at radius 1 is 0.886 bits per heavy atom. The largest absolute Gasteiger partial charge is 0.493 e. The Kier molecular flexibility index (Phi) is 6.03. The molecule has 2 heterocycles. The molecule has 174 valence electrons. The third-order valence-corrected chi connectivity index (χ3v) is 5.90. The van der Waals surface area contributed by atoms with Crippen LogP contribution >= 0.6 is 12.2 Å². The molecule has 1 aliphatic heterocycles. The zero-order valence-electron chi connectivity index (χ0n) is 19.1. The standard InChI is InChI=1S/C27H22N4O3S/c1-33-23-14-13-18(16-24(23)34-2)25-19(17-30(29-25)20-9-5-3-6-10-20)15-22-26(32)31(27(35)28-22)21-11-7-4-8-12-21/h3-17H,1-2H3,(H,28,35)/b22-15+. The Balaban J connectivity index is 1.61. The summed E-state index contributed by atoms with van der Waals surface area (Å²) in [7, 11) is 3.18. The number of hydrogen-bond acceptors (Lipinski definition) is 5. The van der Waals surface area contributed by atoms with E-state index in [0.29, 0.717) is 33.7 Å². The highest BCUT2D eigenvalue weighted by atomic mass is 32.1. The Labute approximate surface area is 208 Å². The minimum atomic E-state index is -0.230. The summed E-state index contributed by atoms with van der Waals surface area (Å²) in [6.45, 7) is 0. The number of nitrogens with zero attached hydrogens (tertiary/aromatic N) is 3. The first-order chi connectivity index (χ1) is 17.1. The van der Waals surface area contributed by atoms with Crippen LogP contribution in [-0.2, 0) is 4.79 Å². The smallest absolute Gasteiger partial charge is 0.281 e. The number of carbonyl (C=O) groups is 1. The van der Waals surface area contributed by atoms with Gasteiger partial charge in [-0.05, 0) is 60.8 Å². The number of rotatable bonds is 6. The number of hydrogen-bond donors (Lipinski definition) is 1. The number of amides is 1. The van der Waals surface area contributed by atoms with Crippen molar-refractivity contribution < 1.29 is 14.3 Å². The highest BCUT2D eigenvalue weighted by Gasteiger charge is 2.32. The molecule has 0 atom stereocenters. The third kappa shape index (κ3) is 4.27. The quantitative estimate of drug-likeness (QED) is 0.314. The second-order valence-corrected chi connectivity index (χ2v) is 8.13. The first-order valence-corrected chi connectivity index (χ1v) is 11.3. The zero-order chi connectivity index (χ0) is 24.4. The summed E-state index contributed by atoms with van der Waals surface area (Å²) in [5.74, 6) is 0.978. The van der Waals surface area contributed by atoms with Gasteiger partial charge >= 0.3 is 0 Å². The molecule has 1 amide bonds. The molecule has 5 rings (SSSR count). The Morgan fingerprint density at radius 2 is 1.54 bits per heavy atom. The average Bonchev–Trinajstić information content (AvgIpc) is 3.44. The van der Waals surface area contributed by atoms with Gasteiger partial charge in [-0.3, -0.25) is 9.69 Å². The second kappa shape index (κ2) is 9.44. The fraction of sp³-hybridized carbons (Fsp3) is 0.0741. The summed E-state index contributed by atoms with van der Waals surface area (Å²) in [6.07, 6.45) is 3.66. The minimum Gasteiger partial charge on any atom is -0.493 e. The molecule has 0 aliphatic carbocycles. The lowest BCUT2D eigenvalue weighted by Gasteiger charge is -2.13. The first kappa shape index (κ1) is 22.4. The molecule has 1 aliphatic rings. The molecule has 35 heavy (non-hydrogen) atoms. The lowest BCUT2D eigenvalue weighted by atomic mass is 10.1. The predicted molar refractivity (Wildman–Crippen MR) is 140 cm³/mol. The Hall–Kier alpha value is -4.43. The van der Waals surface area contributed by atoms with Crippen LogP contribution in [0.3, 0.4) is 0 Å². The van der Waals surface area contributed by atoms with Gasteiger partial charge in [0.1, 0.15) is 11.4 Å². The summed E-state index contributed by atoms with van der Waals surface area (Å²) >= 11 is 5.46. The van der Waals surface area contributed by atoms with Crippen molar-refractivity contribution >= 4 is 35.0 Å². The van der Waals surface area contributed by atoms with Gasteiger partial charge in [0, 0.05) is 17.3 Å². The van der Waals surface area contributed by atoms with Crippen LogP contribution in [0.4, 0.5) is 5.69 Å². The van der Waals surface area contributed by atoms with Crippen molar-refractivity contribution in [2.75, 3.05) is 19.1 Å². The van der Waals surface area contributed by atoms with Gasteiger partial charge in [0.15, 0.2) is 16.6 Å². The SMILES string of the molecule is COc1ccc(-c2nn(-c3ccccc3)cc2/C=C2/NC(=S)N(c3ccccc3)C2=O)cc1OC. The molecule has 0 bridgehead atoms. The molecule has 1 N–H and O–H groups in total. The molecular weight excluding hydrogens is 460 g/mol. The van der Waals surface area contributed by atoms with Gasteiger partial charge in [-0.2, -0.15) is 5.10 Å². The van der Waals surface area contributed by atoms with Crippen molar-refractivity contribution in [2.24, 2.45) is 0 Å². The van der Waals surface area contributed by atoms with E-state index in [9.17, 15) is 4.79 Å². The van der Waals surface area contributed by atoms with Gasteiger partial charge in [0.25, 0.3) is 5.91 Å². The molecule has 1 fully saturated rings. The van der Waals surface area contributed by atoms with Crippen LogP contribution in [0.2, 0.25) is 0 Å². The summed E-state index contributed by atoms with van der Waals surface area (Å²) in [6, 6.07) is 24.7. The second-order valence-electron chi connectivity index (χ2n) is 7.75. The normalized spacial score (nSPS) is 14.3. The number of ether oxygens (including phenoxy) is 2.